The average molecular weight is 253 g/mol. The third-order valence-electron chi connectivity index (χ3n) is 3.54. The Bertz CT molecular complexity index is 711. The molecule has 3 aromatic rings. The molecule has 3 nitrogen and oxygen atoms in total. The molecule has 0 saturated heterocycles. The van der Waals surface area contributed by atoms with Crippen LogP contribution in [-0.2, 0) is 5.60 Å². The molecule has 19 heavy (non-hydrogen) atoms. The number of H-pyrrole nitrogens is 1. The summed E-state index contributed by atoms with van der Waals surface area (Å²) in [4.78, 5) is 3.13. The van der Waals surface area contributed by atoms with E-state index in [1.165, 1.54) is 0 Å². The van der Waals surface area contributed by atoms with Crippen LogP contribution in [0.15, 0.2) is 54.7 Å². The van der Waals surface area contributed by atoms with Gasteiger partial charge in [-0.25, -0.2) is 0 Å². The van der Waals surface area contributed by atoms with Crippen molar-refractivity contribution in [2.75, 3.05) is 0 Å². The summed E-state index contributed by atoms with van der Waals surface area (Å²) in [6.45, 7) is 1.76. The summed E-state index contributed by atoms with van der Waals surface area (Å²) in [5.41, 5.74) is 1.54. The first kappa shape index (κ1) is 11.8. The number of aromatic nitrogens is 1. The minimum absolute atomic E-state index is 0.195. The highest BCUT2D eigenvalue weighted by Gasteiger charge is 2.25. The molecule has 0 spiro atoms. The number of hydrogen-bond donors (Lipinski definition) is 3. The third-order valence-corrected chi connectivity index (χ3v) is 3.54. The van der Waals surface area contributed by atoms with Crippen molar-refractivity contribution in [2.45, 2.75) is 12.5 Å². The number of rotatable bonds is 2. The molecule has 2 aromatic carbocycles. The summed E-state index contributed by atoms with van der Waals surface area (Å²) < 4.78 is 0. The highest BCUT2D eigenvalue weighted by molar-refractivity contribution is 5.80. The molecule has 3 N–H and O–H groups in total. The van der Waals surface area contributed by atoms with E-state index in [4.69, 9.17) is 0 Å². The van der Waals surface area contributed by atoms with Crippen LogP contribution in [-0.4, -0.2) is 15.2 Å². The molecular formula is C16H15NO2. The van der Waals surface area contributed by atoms with Gasteiger partial charge in [0.25, 0.3) is 0 Å². The Hall–Kier alpha value is -2.26. The maximum absolute atomic E-state index is 10.8. The first-order valence-corrected chi connectivity index (χ1v) is 6.17. The Kier molecular flexibility index (Phi) is 2.57. The van der Waals surface area contributed by atoms with Gasteiger partial charge in [0, 0.05) is 11.7 Å². The van der Waals surface area contributed by atoms with E-state index in [2.05, 4.69) is 4.98 Å². The topological polar surface area (TPSA) is 56.2 Å². The summed E-state index contributed by atoms with van der Waals surface area (Å²) >= 11 is 0. The normalized spacial score (nSPS) is 14.4. The van der Waals surface area contributed by atoms with Gasteiger partial charge in [-0.2, -0.15) is 0 Å². The Morgan fingerprint density at radius 1 is 0.947 bits per heavy atom. The van der Waals surface area contributed by atoms with E-state index in [1.54, 1.807) is 31.2 Å². The van der Waals surface area contributed by atoms with Crippen LogP contribution in [0.3, 0.4) is 0 Å². The van der Waals surface area contributed by atoms with Crippen molar-refractivity contribution in [1.82, 2.24) is 4.98 Å². The summed E-state index contributed by atoms with van der Waals surface area (Å²) in [5, 5.41) is 21.1. The summed E-state index contributed by atoms with van der Waals surface area (Å²) in [5.74, 6) is 0.195. The van der Waals surface area contributed by atoms with Gasteiger partial charge in [0.1, 0.15) is 11.4 Å². The summed E-state index contributed by atoms with van der Waals surface area (Å²) in [7, 11) is 0. The zero-order chi connectivity index (χ0) is 13.5. The number of phenols is 1. The number of aromatic hydroxyl groups is 1. The van der Waals surface area contributed by atoms with Gasteiger partial charge in [-0.05, 0) is 53.8 Å². The van der Waals surface area contributed by atoms with Gasteiger partial charge >= 0.3 is 0 Å². The number of fused-ring (bicyclic) bond motifs is 1. The van der Waals surface area contributed by atoms with Crippen LogP contribution < -0.4 is 0 Å². The predicted octanol–water partition coefficient (Wildman–Crippen LogP) is 3.13. The zero-order valence-corrected chi connectivity index (χ0v) is 10.6. The Morgan fingerprint density at radius 2 is 1.63 bits per heavy atom. The number of aliphatic hydroxyl groups is 1. The van der Waals surface area contributed by atoms with E-state index in [-0.39, 0.29) is 5.75 Å². The van der Waals surface area contributed by atoms with Crippen molar-refractivity contribution in [2.24, 2.45) is 0 Å². The quantitative estimate of drug-likeness (QED) is 0.657. The molecule has 0 saturated carbocycles. The second-order valence-electron chi connectivity index (χ2n) is 4.90. The fourth-order valence-corrected chi connectivity index (χ4v) is 2.31. The van der Waals surface area contributed by atoms with Crippen LogP contribution in [0.4, 0.5) is 0 Å². The van der Waals surface area contributed by atoms with Crippen LogP contribution in [0.25, 0.3) is 10.9 Å². The lowest BCUT2D eigenvalue weighted by Crippen LogP contribution is -2.22. The first-order valence-electron chi connectivity index (χ1n) is 6.17. The van der Waals surface area contributed by atoms with Gasteiger partial charge in [0.15, 0.2) is 0 Å². The van der Waals surface area contributed by atoms with Crippen molar-refractivity contribution < 1.29 is 10.2 Å². The van der Waals surface area contributed by atoms with Crippen LogP contribution >= 0.6 is 0 Å². The molecule has 1 unspecified atom stereocenters. The molecule has 0 amide bonds. The molecule has 1 heterocycles. The number of phenolic OH excluding ortho intramolecular Hbond substituents is 1. The van der Waals surface area contributed by atoms with Gasteiger partial charge in [-0.1, -0.05) is 18.2 Å². The van der Waals surface area contributed by atoms with Crippen LogP contribution in [0.1, 0.15) is 18.1 Å². The fraction of sp³-hybridized carbons (Fsp3) is 0.125. The molecule has 1 aromatic heterocycles. The molecule has 1 atom stereocenters. The smallest absolute Gasteiger partial charge is 0.115 e. The fourth-order valence-electron chi connectivity index (χ4n) is 2.31. The lowest BCUT2D eigenvalue weighted by atomic mass is 9.88. The lowest BCUT2D eigenvalue weighted by Gasteiger charge is -2.24. The standard InChI is InChI=1S/C16H15NO2/c1-16(19,12-2-5-14(18)6-3-12)13-4-7-15-11(10-13)8-9-17-15/h2-10,17-19H,1H3. The molecule has 0 bridgehead atoms. The van der Waals surface area contributed by atoms with Gasteiger partial charge in [-0.15, -0.1) is 0 Å². The van der Waals surface area contributed by atoms with Crippen molar-refractivity contribution in [3.8, 4) is 5.75 Å². The van der Waals surface area contributed by atoms with Crippen LogP contribution in [0, 0.1) is 0 Å². The number of benzene rings is 2. The summed E-state index contributed by atoms with van der Waals surface area (Å²) in [6.07, 6.45) is 1.88. The van der Waals surface area contributed by atoms with Crippen LogP contribution in [0.5, 0.6) is 5.75 Å². The van der Waals surface area contributed by atoms with Gasteiger partial charge in [0.05, 0.1) is 0 Å². The third kappa shape index (κ3) is 1.98. The van der Waals surface area contributed by atoms with Crippen molar-refractivity contribution in [1.29, 1.82) is 0 Å². The van der Waals surface area contributed by atoms with E-state index in [0.717, 1.165) is 22.0 Å². The number of aromatic amines is 1. The van der Waals surface area contributed by atoms with E-state index < -0.39 is 5.60 Å². The maximum atomic E-state index is 10.8. The van der Waals surface area contributed by atoms with Gasteiger partial charge < -0.3 is 15.2 Å². The molecule has 0 aliphatic heterocycles. The van der Waals surface area contributed by atoms with Gasteiger partial charge in [0.2, 0.25) is 0 Å². The highest BCUT2D eigenvalue weighted by Crippen LogP contribution is 2.31. The minimum atomic E-state index is -1.08. The largest absolute Gasteiger partial charge is 0.508 e. The average Bonchev–Trinajstić information content (AvgIpc) is 2.86. The molecule has 0 radical (unpaired) electrons. The Labute approximate surface area is 111 Å². The molecule has 0 aliphatic rings. The molecular weight excluding hydrogens is 238 g/mol. The van der Waals surface area contributed by atoms with E-state index in [9.17, 15) is 10.2 Å². The molecule has 3 heteroatoms. The first-order chi connectivity index (χ1) is 9.07. The Balaban J connectivity index is 2.09. The molecule has 96 valence electrons. The van der Waals surface area contributed by atoms with Crippen molar-refractivity contribution in [3.63, 3.8) is 0 Å². The number of hydrogen-bond acceptors (Lipinski definition) is 2. The van der Waals surface area contributed by atoms with Gasteiger partial charge in [-0.3, -0.25) is 0 Å². The number of nitrogens with one attached hydrogen (secondary N) is 1. The lowest BCUT2D eigenvalue weighted by molar-refractivity contribution is 0.102. The SMILES string of the molecule is CC(O)(c1ccc(O)cc1)c1ccc2[nH]ccc2c1. The van der Waals surface area contributed by atoms with E-state index in [1.807, 2.05) is 30.5 Å². The monoisotopic (exact) mass is 253 g/mol. The minimum Gasteiger partial charge on any atom is -0.508 e. The second kappa shape index (κ2) is 4.14. The second-order valence-corrected chi connectivity index (χ2v) is 4.90. The maximum Gasteiger partial charge on any atom is 0.115 e. The van der Waals surface area contributed by atoms with Crippen molar-refractivity contribution >= 4 is 10.9 Å². The molecule has 0 aliphatic carbocycles. The highest BCUT2D eigenvalue weighted by atomic mass is 16.3. The summed E-state index contributed by atoms with van der Waals surface area (Å²) in [6, 6.07) is 14.4. The molecule has 0 fully saturated rings. The van der Waals surface area contributed by atoms with Crippen molar-refractivity contribution in [3.05, 3.63) is 65.9 Å². The van der Waals surface area contributed by atoms with Crippen LogP contribution in [0.2, 0.25) is 0 Å². The molecule has 3 rings (SSSR count). The van der Waals surface area contributed by atoms with E-state index in [0.29, 0.717) is 0 Å². The van der Waals surface area contributed by atoms with E-state index >= 15 is 0 Å². The Morgan fingerprint density at radius 3 is 2.37 bits per heavy atom. The predicted molar refractivity (Wildman–Crippen MR) is 75.1 cm³/mol. The zero-order valence-electron chi connectivity index (χ0n) is 10.6.